The summed E-state index contributed by atoms with van der Waals surface area (Å²) in [6, 6.07) is 11.0. The number of aromatic nitrogens is 5. The SMILES string of the molecule is Cc1cc(C)n(-c2ccc(C(C)NC(=O)c3cnc4c(c3)c(=O)[nH]c(=O)n4C)cc2)n1. The van der Waals surface area contributed by atoms with Crippen LogP contribution in [-0.2, 0) is 7.05 Å². The van der Waals surface area contributed by atoms with E-state index in [1.807, 2.05) is 55.8 Å². The number of hydrogen-bond acceptors (Lipinski definition) is 5. The fraction of sp³-hybridized carbons (Fsp3) is 0.227. The minimum Gasteiger partial charge on any atom is -0.345 e. The third kappa shape index (κ3) is 3.77. The molecule has 0 radical (unpaired) electrons. The van der Waals surface area contributed by atoms with Gasteiger partial charge in [-0.15, -0.1) is 0 Å². The smallest absolute Gasteiger partial charge is 0.329 e. The van der Waals surface area contributed by atoms with Crippen LogP contribution < -0.4 is 16.6 Å². The number of H-pyrrole nitrogens is 1. The molecule has 0 aliphatic heterocycles. The van der Waals surface area contributed by atoms with Crippen molar-refractivity contribution >= 4 is 16.9 Å². The Balaban J connectivity index is 1.55. The van der Waals surface area contributed by atoms with E-state index in [9.17, 15) is 14.4 Å². The van der Waals surface area contributed by atoms with Gasteiger partial charge in [-0.1, -0.05) is 12.1 Å². The van der Waals surface area contributed by atoms with Gasteiger partial charge in [-0.2, -0.15) is 5.10 Å². The topological polar surface area (TPSA) is 115 Å². The Kier molecular flexibility index (Phi) is 5.02. The number of nitrogens with one attached hydrogen (secondary N) is 2. The summed E-state index contributed by atoms with van der Waals surface area (Å²) in [4.78, 5) is 42.9. The minimum atomic E-state index is -0.576. The molecule has 0 fully saturated rings. The molecule has 3 aromatic heterocycles. The molecule has 0 aliphatic carbocycles. The molecular weight excluding hydrogens is 396 g/mol. The first-order valence-corrected chi connectivity index (χ1v) is 9.78. The summed E-state index contributed by atoms with van der Waals surface area (Å²) < 4.78 is 3.10. The van der Waals surface area contributed by atoms with E-state index in [0.717, 1.165) is 22.6 Å². The van der Waals surface area contributed by atoms with Crippen LogP contribution in [0.4, 0.5) is 0 Å². The average Bonchev–Trinajstić information content (AvgIpc) is 3.09. The maximum Gasteiger partial charge on any atom is 0.329 e. The first-order valence-electron chi connectivity index (χ1n) is 9.78. The van der Waals surface area contributed by atoms with Crippen molar-refractivity contribution in [3.63, 3.8) is 0 Å². The summed E-state index contributed by atoms with van der Waals surface area (Å²) >= 11 is 0. The van der Waals surface area contributed by atoms with Crippen LogP contribution in [-0.4, -0.2) is 30.2 Å². The van der Waals surface area contributed by atoms with Crippen LogP contribution in [0.1, 0.15) is 40.3 Å². The Labute approximate surface area is 177 Å². The van der Waals surface area contributed by atoms with Crippen molar-refractivity contribution in [1.29, 1.82) is 0 Å². The van der Waals surface area contributed by atoms with E-state index in [4.69, 9.17) is 0 Å². The molecule has 158 valence electrons. The lowest BCUT2D eigenvalue weighted by atomic mass is 10.1. The Hall–Kier alpha value is -4.01. The minimum absolute atomic E-state index is 0.177. The van der Waals surface area contributed by atoms with Gasteiger partial charge in [0, 0.05) is 18.9 Å². The highest BCUT2D eigenvalue weighted by Crippen LogP contribution is 2.18. The highest BCUT2D eigenvalue weighted by atomic mass is 16.2. The van der Waals surface area contributed by atoms with Gasteiger partial charge in [0.15, 0.2) is 0 Å². The van der Waals surface area contributed by atoms with Crippen LogP contribution in [0.25, 0.3) is 16.7 Å². The number of carbonyl (C=O) groups excluding carboxylic acids is 1. The van der Waals surface area contributed by atoms with Gasteiger partial charge in [-0.25, -0.2) is 14.5 Å². The fourth-order valence-electron chi connectivity index (χ4n) is 3.52. The third-order valence-corrected chi connectivity index (χ3v) is 5.21. The van der Waals surface area contributed by atoms with E-state index in [0.29, 0.717) is 0 Å². The van der Waals surface area contributed by atoms with Crippen LogP contribution in [0.5, 0.6) is 0 Å². The van der Waals surface area contributed by atoms with Crippen molar-refractivity contribution in [3.05, 3.63) is 85.9 Å². The number of pyridine rings is 1. The molecule has 0 bridgehead atoms. The molecule has 9 nitrogen and oxygen atoms in total. The average molecular weight is 418 g/mol. The van der Waals surface area contributed by atoms with Gasteiger partial charge in [-0.3, -0.25) is 19.1 Å². The monoisotopic (exact) mass is 418 g/mol. The molecule has 0 saturated carbocycles. The van der Waals surface area contributed by atoms with Crippen LogP contribution in [0.3, 0.4) is 0 Å². The lowest BCUT2D eigenvalue weighted by Crippen LogP contribution is -2.30. The molecule has 3 heterocycles. The quantitative estimate of drug-likeness (QED) is 0.525. The lowest BCUT2D eigenvalue weighted by Gasteiger charge is -2.15. The van der Waals surface area contributed by atoms with Gasteiger partial charge in [0.05, 0.1) is 28.4 Å². The molecule has 0 spiro atoms. The normalized spacial score (nSPS) is 12.1. The van der Waals surface area contributed by atoms with E-state index in [-0.39, 0.29) is 28.5 Å². The van der Waals surface area contributed by atoms with Crippen molar-refractivity contribution in [1.82, 2.24) is 29.6 Å². The Morgan fingerprint density at radius 2 is 1.84 bits per heavy atom. The van der Waals surface area contributed by atoms with Crippen molar-refractivity contribution < 1.29 is 4.79 Å². The largest absolute Gasteiger partial charge is 0.345 e. The van der Waals surface area contributed by atoms with Gasteiger partial charge in [-0.05, 0) is 50.6 Å². The van der Waals surface area contributed by atoms with Gasteiger partial charge in [0.25, 0.3) is 11.5 Å². The molecular formula is C22H22N6O3. The zero-order chi connectivity index (χ0) is 22.3. The van der Waals surface area contributed by atoms with Crippen molar-refractivity contribution in [2.24, 2.45) is 7.05 Å². The number of hydrogen-bond donors (Lipinski definition) is 2. The second-order valence-corrected chi connectivity index (χ2v) is 7.54. The molecule has 1 aromatic carbocycles. The molecule has 4 rings (SSSR count). The number of rotatable bonds is 4. The van der Waals surface area contributed by atoms with Crippen molar-refractivity contribution in [3.8, 4) is 5.69 Å². The number of aryl methyl sites for hydroxylation is 3. The van der Waals surface area contributed by atoms with Gasteiger partial charge in [0.2, 0.25) is 0 Å². The third-order valence-electron chi connectivity index (χ3n) is 5.21. The Bertz CT molecular complexity index is 1410. The van der Waals surface area contributed by atoms with E-state index in [2.05, 4.69) is 20.4 Å². The summed E-state index contributed by atoms with van der Waals surface area (Å²) in [6.45, 7) is 5.82. The van der Waals surface area contributed by atoms with Crippen molar-refractivity contribution in [2.45, 2.75) is 26.8 Å². The predicted octanol–water partition coefficient (Wildman–Crippen LogP) is 1.92. The van der Waals surface area contributed by atoms with Crippen LogP contribution in [0.2, 0.25) is 0 Å². The molecule has 31 heavy (non-hydrogen) atoms. The lowest BCUT2D eigenvalue weighted by molar-refractivity contribution is 0.0939. The number of carbonyl (C=O) groups is 1. The van der Waals surface area contributed by atoms with E-state index in [1.165, 1.54) is 23.9 Å². The number of fused-ring (bicyclic) bond motifs is 1. The molecule has 1 unspecified atom stereocenters. The number of nitrogens with zero attached hydrogens (tertiary/aromatic N) is 4. The number of benzene rings is 1. The fourth-order valence-corrected chi connectivity index (χ4v) is 3.52. The van der Waals surface area contributed by atoms with Gasteiger partial charge in [0.1, 0.15) is 5.65 Å². The molecule has 0 saturated heterocycles. The molecule has 0 aliphatic rings. The Morgan fingerprint density at radius 1 is 1.13 bits per heavy atom. The number of aromatic amines is 1. The summed E-state index contributed by atoms with van der Waals surface area (Å²) in [6.07, 6.45) is 1.36. The summed E-state index contributed by atoms with van der Waals surface area (Å²) in [5, 5.41) is 7.57. The van der Waals surface area contributed by atoms with Crippen molar-refractivity contribution in [2.75, 3.05) is 0 Å². The molecule has 2 N–H and O–H groups in total. The summed E-state index contributed by atoms with van der Waals surface area (Å²) in [5.41, 5.74) is 3.19. The highest BCUT2D eigenvalue weighted by molar-refractivity contribution is 5.96. The van der Waals surface area contributed by atoms with E-state index in [1.54, 1.807) is 0 Å². The van der Waals surface area contributed by atoms with E-state index >= 15 is 0 Å². The Morgan fingerprint density at radius 3 is 2.48 bits per heavy atom. The molecule has 1 amide bonds. The second-order valence-electron chi connectivity index (χ2n) is 7.54. The van der Waals surface area contributed by atoms with Crippen LogP contribution in [0.15, 0.2) is 52.2 Å². The maximum absolute atomic E-state index is 12.7. The van der Waals surface area contributed by atoms with E-state index < -0.39 is 11.2 Å². The first kappa shape index (κ1) is 20.3. The standard InChI is InChI=1S/C22H22N6O3/c1-12-9-13(2)28(26-12)17-7-5-15(6-8-17)14(3)24-20(29)16-10-18-19(23-11-16)27(4)22(31)25-21(18)30/h5-11,14H,1-4H3,(H,24,29)(H,25,30,31). The van der Waals surface area contributed by atoms with Gasteiger partial charge < -0.3 is 5.32 Å². The summed E-state index contributed by atoms with van der Waals surface area (Å²) in [7, 11) is 1.51. The first-order chi connectivity index (χ1) is 14.7. The number of amides is 1. The second kappa shape index (κ2) is 7.67. The summed E-state index contributed by atoms with van der Waals surface area (Å²) in [5.74, 6) is -0.363. The highest BCUT2D eigenvalue weighted by Gasteiger charge is 2.15. The molecule has 4 aromatic rings. The van der Waals surface area contributed by atoms with Crippen LogP contribution >= 0.6 is 0 Å². The predicted molar refractivity (Wildman–Crippen MR) is 117 cm³/mol. The molecule has 1 atom stereocenters. The zero-order valence-corrected chi connectivity index (χ0v) is 17.6. The van der Waals surface area contributed by atoms with Gasteiger partial charge >= 0.3 is 5.69 Å². The van der Waals surface area contributed by atoms with Crippen LogP contribution in [0, 0.1) is 13.8 Å². The zero-order valence-electron chi connectivity index (χ0n) is 17.6. The molecule has 9 heteroatoms. The maximum atomic E-state index is 12.7.